The Morgan fingerprint density at radius 3 is 2.38 bits per heavy atom. The molecular formula is C19H24O5. The Hall–Kier alpha value is -2.11. The second kappa shape index (κ2) is 9.90. The molecule has 5 heteroatoms. The van der Waals surface area contributed by atoms with Crippen LogP contribution in [-0.2, 0) is 14.2 Å². The number of carbonyl (C=O) groups is 1. The van der Waals surface area contributed by atoms with Crippen LogP contribution in [0.5, 0.6) is 5.75 Å². The lowest BCUT2D eigenvalue weighted by atomic mass is 10.0. The quantitative estimate of drug-likeness (QED) is 0.493. The van der Waals surface area contributed by atoms with Gasteiger partial charge in [0.15, 0.2) is 0 Å². The molecule has 0 amide bonds. The Labute approximate surface area is 142 Å². The molecule has 0 saturated carbocycles. The summed E-state index contributed by atoms with van der Waals surface area (Å²) in [5, 5.41) is 1.81. The summed E-state index contributed by atoms with van der Waals surface area (Å²) >= 11 is 0. The summed E-state index contributed by atoms with van der Waals surface area (Å²) < 4.78 is 21.1. The molecule has 130 valence electrons. The largest absolute Gasteiger partial charge is 0.493 e. The molecule has 0 heterocycles. The summed E-state index contributed by atoms with van der Waals surface area (Å²) in [6.07, 6.45) is 1.47. The normalized spacial score (nSPS) is 10.8. The van der Waals surface area contributed by atoms with E-state index in [0.29, 0.717) is 44.2 Å². The second-order valence-electron chi connectivity index (χ2n) is 5.37. The average Bonchev–Trinajstić information content (AvgIpc) is 2.61. The van der Waals surface area contributed by atoms with Gasteiger partial charge in [-0.2, -0.15) is 0 Å². The van der Waals surface area contributed by atoms with Crippen LogP contribution in [-0.4, -0.2) is 46.6 Å². The highest BCUT2D eigenvalue weighted by molar-refractivity contribution is 6.05. The van der Waals surface area contributed by atoms with Gasteiger partial charge < -0.3 is 18.9 Å². The highest BCUT2D eigenvalue weighted by Gasteiger charge is 2.13. The lowest BCUT2D eigenvalue weighted by Gasteiger charge is -2.11. The minimum absolute atomic E-state index is 0.333. The minimum Gasteiger partial charge on any atom is -0.493 e. The van der Waals surface area contributed by atoms with Crippen molar-refractivity contribution in [3.05, 3.63) is 42.0 Å². The predicted octanol–water partition coefficient (Wildman–Crippen LogP) is 3.45. The van der Waals surface area contributed by atoms with Crippen molar-refractivity contribution in [3.8, 4) is 5.75 Å². The highest BCUT2D eigenvalue weighted by Crippen LogP contribution is 2.26. The number of benzene rings is 2. The molecule has 0 saturated heterocycles. The van der Waals surface area contributed by atoms with Crippen LogP contribution in [0.15, 0.2) is 36.4 Å². The Bertz CT molecular complexity index is 653. The van der Waals surface area contributed by atoms with Crippen molar-refractivity contribution in [2.75, 3.05) is 40.6 Å². The molecule has 0 N–H and O–H groups in total. The zero-order valence-corrected chi connectivity index (χ0v) is 14.2. The smallest absolute Gasteiger partial charge is 0.338 e. The van der Waals surface area contributed by atoms with Gasteiger partial charge in [-0.25, -0.2) is 4.79 Å². The Kier molecular flexibility index (Phi) is 7.52. The van der Waals surface area contributed by atoms with Crippen molar-refractivity contribution >= 4 is 16.7 Å². The van der Waals surface area contributed by atoms with E-state index in [2.05, 4.69) is 0 Å². The lowest BCUT2D eigenvalue weighted by molar-refractivity contribution is 0.0470. The Morgan fingerprint density at radius 1 is 0.917 bits per heavy atom. The molecule has 2 rings (SSSR count). The molecule has 0 aromatic heterocycles. The van der Waals surface area contributed by atoms with Gasteiger partial charge in [-0.05, 0) is 22.9 Å². The molecule has 0 radical (unpaired) electrons. The van der Waals surface area contributed by atoms with Crippen LogP contribution >= 0.6 is 0 Å². The van der Waals surface area contributed by atoms with E-state index in [-0.39, 0.29) is 5.97 Å². The van der Waals surface area contributed by atoms with Crippen molar-refractivity contribution < 1.29 is 23.7 Å². The topological polar surface area (TPSA) is 54.0 Å². The van der Waals surface area contributed by atoms with E-state index < -0.39 is 0 Å². The zero-order chi connectivity index (χ0) is 17.2. The zero-order valence-electron chi connectivity index (χ0n) is 14.2. The molecule has 5 nitrogen and oxygen atoms in total. The molecule has 24 heavy (non-hydrogen) atoms. The molecule has 0 aliphatic carbocycles. The van der Waals surface area contributed by atoms with Gasteiger partial charge in [0.05, 0.1) is 18.8 Å². The van der Waals surface area contributed by atoms with Crippen LogP contribution in [0, 0.1) is 0 Å². The number of hydrogen-bond acceptors (Lipinski definition) is 5. The summed E-state index contributed by atoms with van der Waals surface area (Å²) in [7, 11) is 3.29. The number of fused-ring (bicyclic) bond motifs is 1. The van der Waals surface area contributed by atoms with Gasteiger partial charge in [0, 0.05) is 40.3 Å². The van der Waals surface area contributed by atoms with Crippen LogP contribution < -0.4 is 4.74 Å². The van der Waals surface area contributed by atoms with Crippen LogP contribution in [0.25, 0.3) is 10.8 Å². The predicted molar refractivity (Wildman–Crippen MR) is 92.7 cm³/mol. The maximum atomic E-state index is 12.4. The molecule has 0 atom stereocenters. The third kappa shape index (κ3) is 5.22. The molecule has 0 bridgehead atoms. The second-order valence-corrected chi connectivity index (χ2v) is 5.37. The van der Waals surface area contributed by atoms with Crippen molar-refractivity contribution in [3.63, 3.8) is 0 Å². The summed E-state index contributed by atoms with van der Waals surface area (Å²) in [6.45, 7) is 2.08. The first-order valence-corrected chi connectivity index (χ1v) is 8.07. The van der Waals surface area contributed by atoms with E-state index in [1.807, 2.05) is 30.3 Å². The SMILES string of the molecule is COCCCOC(=O)c1cc(OCCCOC)cc2ccccc12. The summed E-state index contributed by atoms with van der Waals surface area (Å²) in [6, 6.07) is 11.4. The fourth-order valence-electron chi connectivity index (χ4n) is 2.37. The maximum Gasteiger partial charge on any atom is 0.338 e. The van der Waals surface area contributed by atoms with Crippen LogP contribution in [0.2, 0.25) is 0 Å². The van der Waals surface area contributed by atoms with Gasteiger partial charge >= 0.3 is 5.97 Å². The van der Waals surface area contributed by atoms with Gasteiger partial charge in [-0.1, -0.05) is 24.3 Å². The summed E-state index contributed by atoms with van der Waals surface area (Å²) in [5.74, 6) is 0.318. The molecule has 2 aromatic carbocycles. The van der Waals surface area contributed by atoms with Crippen LogP contribution in [0.3, 0.4) is 0 Å². The van der Waals surface area contributed by atoms with Gasteiger partial charge in [0.2, 0.25) is 0 Å². The summed E-state index contributed by atoms with van der Waals surface area (Å²) in [4.78, 5) is 12.4. The molecule has 0 aliphatic heterocycles. The number of methoxy groups -OCH3 is 2. The fourth-order valence-corrected chi connectivity index (χ4v) is 2.37. The number of rotatable bonds is 10. The van der Waals surface area contributed by atoms with E-state index in [0.717, 1.165) is 17.2 Å². The third-order valence-electron chi connectivity index (χ3n) is 3.54. The van der Waals surface area contributed by atoms with Crippen molar-refractivity contribution in [2.45, 2.75) is 12.8 Å². The van der Waals surface area contributed by atoms with Crippen LogP contribution in [0.1, 0.15) is 23.2 Å². The van der Waals surface area contributed by atoms with Gasteiger partial charge in [0.1, 0.15) is 5.75 Å². The number of ether oxygens (including phenoxy) is 4. The Morgan fingerprint density at radius 2 is 1.62 bits per heavy atom. The maximum absolute atomic E-state index is 12.4. The van der Waals surface area contributed by atoms with Gasteiger partial charge in [-0.3, -0.25) is 0 Å². The highest BCUT2D eigenvalue weighted by atomic mass is 16.5. The monoisotopic (exact) mass is 332 g/mol. The van der Waals surface area contributed by atoms with Gasteiger partial charge in [0.25, 0.3) is 0 Å². The van der Waals surface area contributed by atoms with Crippen LogP contribution in [0.4, 0.5) is 0 Å². The van der Waals surface area contributed by atoms with Crippen molar-refractivity contribution in [2.24, 2.45) is 0 Å². The van der Waals surface area contributed by atoms with Gasteiger partial charge in [-0.15, -0.1) is 0 Å². The van der Waals surface area contributed by atoms with E-state index in [1.165, 1.54) is 0 Å². The first-order valence-electron chi connectivity index (χ1n) is 8.07. The van der Waals surface area contributed by atoms with E-state index in [4.69, 9.17) is 18.9 Å². The van der Waals surface area contributed by atoms with Crippen molar-refractivity contribution in [1.29, 1.82) is 0 Å². The number of carbonyl (C=O) groups excluding carboxylic acids is 1. The molecule has 0 unspecified atom stereocenters. The molecule has 0 spiro atoms. The number of hydrogen-bond donors (Lipinski definition) is 0. The van der Waals surface area contributed by atoms with E-state index >= 15 is 0 Å². The van der Waals surface area contributed by atoms with Crippen molar-refractivity contribution in [1.82, 2.24) is 0 Å². The van der Waals surface area contributed by atoms with E-state index in [9.17, 15) is 4.79 Å². The minimum atomic E-state index is -0.343. The molecule has 0 fully saturated rings. The van der Waals surface area contributed by atoms with E-state index in [1.54, 1.807) is 20.3 Å². The average molecular weight is 332 g/mol. The first kappa shape index (κ1) is 18.2. The fraction of sp³-hybridized carbons (Fsp3) is 0.421. The summed E-state index contributed by atoms with van der Waals surface area (Å²) in [5.41, 5.74) is 0.521. The third-order valence-corrected chi connectivity index (χ3v) is 3.54. The molecule has 0 aliphatic rings. The lowest BCUT2D eigenvalue weighted by Crippen LogP contribution is -2.09. The molecular weight excluding hydrogens is 308 g/mol. The molecule has 2 aromatic rings. The number of esters is 1. The standard InChI is InChI=1S/C19H24O5/c1-21-9-5-11-23-16-13-15-7-3-4-8-17(15)18(14-16)19(20)24-12-6-10-22-2/h3-4,7-8,13-14H,5-6,9-12H2,1-2H3. The first-order chi connectivity index (χ1) is 11.8. The Balaban J connectivity index is 2.14.